The number of para-hydroxylation sites is 1. The van der Waals surface area contributed by atoms with E-state index in [1.165, 1.54) is 0 Å². The van der Waals surface area contributed by atoms with E-state index >= 15 is 0 Å². The molecule has 0 bridgehead atoms. The molecule has 1 aromatic heterocycles. The van der Waals surface area contributed by atoms with Gasteiger partial charge in [0.05, 0.1) is 22.9 Å². The van der Waals surface area contributed by atoms with E-state index in [1.807, 2.05) is 0 Å². The first-order valence-electron chi connectivity index (χ1n) is 19.4. The number of nitrogens with zero attached hydrogens (tertiary/aromatic N) is 1. The molecule has 1 aliphatic heterocycles. The Morgan fingerprint density at radius 3 is 1.47 bits per heavy atom. The Kier molecular flexibility index (Phi) is 14.7. The van der Waals surface area contributed by atoms with Crippen molar-refractivity contribution < 1.29 is 18.0 Å². The molecular weight excluding hydrogens is 675 g/mol. The fourth-order valence-electron chi connectivity index (χ4n) is 10.2. The van der Waals surface area contributed by atoms with Gasteiger partial charge in [-0.25, -0.2) is 4.98 Å². The lowest BCUT2D eigenvalue weighted by atomic mass is 10.0. The topological polar surface area (TPSA) is 49.8 Å². The molecule has 1 aliphatic rings. The van der Waals surface area contributed by atoms with Gasteiger partial charge in [-0.2, -0.15) is 0 Å². The number of thiazole rings is 1. The second kappa shape index (κ2) is 16.9. The zero-order valence-corrected chi connectivity index (χ0v) is 38.3. The van der Waals surface area contributed by atoms with Crippen molar-refractivity contribution in [2.45, 2.75) is 193 Å². The predicted octanol–water partition coefficient (Wildman–Crippen LogP) is 13.3. The van der Waals surface area contributed by atoms with E-state index in [2.05, 4.69) is 155 Å². The Labute approximate surface area is 308 Å². The fourth-order valence-corrected chi connectivity index (χ4v) is 27.7. The molecule has 0 unspecified atom stereocenters. The molecular formula is C40H73NO4SSi3. The van der Waals surface area contributed by atoms with Crippen molar-refractivity contribution in [1.82, 2.24) is 4.98 Å². The number of hydrogen-bond acceptors (Lipinski definition) is 6. The van der Waals surface area contributed by atoms with Crippen LogP contribution in [-0.2, 0) is 18.0 Å². The van der Waals surface area contributed by atoms with Gasteiger partial charge in [-0.3, -0.25) is 0 Å². The van der Waals surface area contributed by atoms with Crippen molar-refractivity contribution in [3.63, 3.8) is 0 Å². The van der Waals surface area contributed by atoms with Gasteiger partial charge in [0.1, 0.15) is 12.2 Å². The predicted molar refractivity (Wildman–Crippen MR) is 221 cm³/mol. The standard InChI is InChI=1S/C40H73NO4SSi3/c1-25(2)47(26(3)4,27(5)6)42-24-37-39(45-49(31(13)14,32(15)16)33(17)18)35(44-48(28(7)8,29(9)10)30(11)12)23-36(43-37)40-41-34-21-19-20-22-38(34)46-40/h19-23,25-33,35,37,39H,24H2,1-18H3/t35-,37-,39+/m1/s1. The van der Waals surface area contributed by atoms with Gasteiger partial charge in [0.2, 0.25) is 25.0 Å². The van der Waals surface area contributed by atoms with Crippen LogP contribution in [0.1, 0.15) is 130 Å². The molecule has 0 saturated heterocycles. The van der Waals surface area contributed by atoms with Crippen LogP contribution in [0.15, 0.2) is 30.3 Å². The molecule has 5 nitrogen and oxygen atoms in total. The van der Waals surface area contributed by atoms with Crippen molar-refractivity contribution in [3.8, 4) is 0 Å². The second-order valence-corrected chi connectivity index (χ2v) is 34.9. The number of fused-ring (bicyclic) bond motifs is 1. The second-order valence-electron chi connectivity index (χ2n) is 17.6. The van der Waals surface area contributed by atoms with Crippen LogP contribution in [0.4, 0.5) is 0 Å². The summed E-state index contributed by atoms with van der Waals surface area (Å²) in [5.74, 6) is 0.815. The third kappa shape index (κ3) is 8.23. The molecule has 0 saturated carbocycles. The number of hydrogen-bond donors (Lipinski definition) is 0. The van der Waals surface area contributed by atoms with E-state index in [4.69, 9.17) is 23.0 Å². The summed E-state index contributed by atoms with van der Waals surface area (Å²) in [4.78, 5) is 5.10. The summed E-state index contributed by atoms with van der Waals surface area (Å²) < 4.78 is 31.4. The summed E-state index contributed by atoms with van der Waals surface area (Å²) in [5.41, 5.74) is 5.04. The average Bonchev–Trinajstić information content (AvgIpc) is 3.42. The SMILES string of the molecule is CC(C)[Si](OC[C@H]1OC(c2nc3ccccc3s2)=C[C@@H](O[Si](C(C)C)(C(C)C)C(C)C)[C@@H]1O[Si](C(C)C)(C(C)C)C(C)C)(C(C)C)C(C)C. The van der Waals surface area contributed by atoms with Gasteiger partial charge in [0.15, 0.2) is 10.8 Å². The first-order chi connectivity index (χ1) is 22.7. The Morgan fingerprint density at radius 2 is 1.04 bits per heavy atom. The quantitative estimate of drug-likeness (QED) is 0.151. The van der Waals surface area contributed by atoms with Crippen molar-refractivity contribution in [2.24, 2.45) is 0 Å². The normalized spacial score (nSPS) is 20.1. The van der Waals surface area contributed by atoms with Crippen LogP contribution in [0, 0.1) is 0 Å². The average molecular weight is 748 g/mol. The zero-order chi connectivity index (χ0) is 37.2. The molecule has 0 spiro atoms. The third-order valence-corrected chi connectivity index (χ3v) is 31.4. The number of rotatable bonds is 17. The molecule has 3 atom stereocenters. The lowest BCUT2D eigenvalue weighted by Gasteiger charge is -2.52. The smallest absolute Gasteiger partial charge is 0.201 e. The van der Waals surface area contributed by atoms with Crippen molar-refractivity contribution in [3.05, 3.63) is 35.3 Å². The van der Waals surface area contributed by atoms with E-state index in [0.717, 1.165) is 21.0 Å². The number of aromatic nitrogens is 1. The zero-order valence-electron chi connectivity index (χ0n) is 34.5. The highest BCUT2D eigenvalue weighted by Gasteiger charge is 2.55. The van der Waals surface area contributed by atoms with Gasteiger partial charge < -0.3 is 18.0 Å². The summed E-state index contributed by atoms with van der Waals surface area (Å²) >= 11 is 1.70. The van der Waals surface area contributed by atoms with Crippen molar-refractivity contribution >= 4 is 52.3 Å². The molecule has 49 heavy (non-hydrogen) atoms. The Balaban J connectivity index is 2.34. The highest BCUT2D eigenvalue weighted by Crippen LogP contribution is 2.49. The summed E-state index contributed by atoms with van der Waals surface area (Å²) in [6.45, 7) is 43.2. The van der Waals surface area contributed by atoms with E-state index in [-0.39, 0.29) is 18.3 Å². The van der Waals surface area contributed by atoms with Crippen molar-refractivity contribution in [2.75, 3.05) is 6.61 Å². The molecule has 2 heterocycles. The van der Waals surface area contributed by atoms with Crippen LogP contribution in [0.2, 0.25) is 49.9 Å². The maximum atomic E-state index is 7.85. The number of ether oxygens (including phenoxy) is 1. The van der Waals surface area contributed by atoms with Crippen molar-refractivity contribution in [1.29, 1.82) is 0 Å². The van der Waals surface area contributed by atoms with Gasteiger partial charge in [0.25, 0.3) is 0 Å². The van der Waals surface area contributed by atoms with Gasteiger partial charge >= 0.3 is 0 Å². The Bertz CT molecular complexity index is 1270. The monoisotopic (exact) mass is 747 g/mol. The molecule has 1 aromatic carbocycles. The van der Waals surface area contributed by atoms with Crippen LogP contribution in [0.5, 0.6) is 0 Å². The van der Waals surface area contributed by atoms with Crippen LogP contribution >= 0.6 is 11.3 Å². The molecule has 9 heteroatoms. The van der Waals surface area contributed by atoms with Crippen LogP contribution < -0.4 is 0 Å². The van der Waals surface area contributed by atoms with E-state index in [0.29, 0.717) is 56.5 Å². The summed E-state index contributed by atoms with van der Waals surface area (Å²) in [6.07, 6.45) is 1.39. The molecule has 0 amide bonds. The highest BCUT2D eigenvalue weighted by atomic mass is 32.1. The largest absolute Gasteiger partial charge is 0.482 e. The van der Waals surface area contributed by atoms with Gasteiger partial charge in [-0.1, -0.05) is 137 Å². The van der Waals surface area contributed by atoms with E-state index in [9.17, 15) is 0 Å². The minimum Gasteiger partial charge on any atom is -0.482 e. The first-order valence-corrected chi connectivity index (χ1v) is 26.7. The molecule has 2 aromatic rings. The molecule has 280 valence electrons. The molecule has 3 rings (SSSR count). The molecule has 0 aliphatic carbocycles. The fraction of sp³-hybridized carbons (Fsp3) is 0.775. The van der Waals surface area contributed by atoms with Crippen LogP contribution in [0.25, 0.3) is 16.0 Å². The Morgan fingerprint density at radius 1 is 0.612 bits per heavy atom. The molecule has 0 fully saturated rings. The maximum absolute atomic E-state index is 7.85. The first kappa shape index (κ1) is 42.6. The van der Waals surface area contributed by atoms with Gasteiger partial charge in [-0.15, -0.1) is 11.3 Å². The van der Waals surface area contributed by atoms with Crippen LogP contribution in [-0.4, -0.2) is 54.9 Å². The van der Waals surface area contributed by atoms with Crippen LogP contribution in [0.3, 0.4) is 0 Å². The lowest BCUT2D eigenvalue weighted by Crippen LogP contribution is -2.61. The summed E-state index contributed by atoms with van der Waals surface area (Å²) in [5, 5.41) is 0.907. The van der Waals surface area contributed by atoms with Gasteiger partial charge in [-0.05, 0) is 68.1 Å². The minimum atomic E-state index is -2.35. The Hall–Kier alpha value is -0.819. The maximum Gasteiger partial charge on any atom is 0.201 e. The van der Waals surface area contributed by atoms with Gasteiger partial charge in [0, 0.05) is 0 Å². The van der Waals surface area contributed by atoms with E-state index < -0.39 is 25.0 Å². The summed E-state index contributed by atoms with van der Waals surface area (Å²) in [6, 6.07) is 8.39. The third-order valence-electron chi connectivity index (χ3n) is 12.1. The highest BCUT2D eigenvalue weighted by molar-refractivity contribution is 7.19. The minimum absolute atomic E-state index is 0.264. The number of benzene rings is 1. The lowest BCUT2D eigenvalue weighted by molar-refractivity contribution is -0.0620. The van der Waals surface area contributed by atoms with E-state index in [1.54, 1.807) is 11.3 Å². The summed E-state index contributed by atoms with van der Waals surface area (Å²) in [7, 11) is -6.89. The molecule has 0 N–H and O–H groups in total. The molecule has 0 radical (unpaired) electrons.